The molecule has 0 radical (unpaired) electrons. The molecule has 0 unspecified atom stereocenters. The molecule has 1 aromatic carbocycles. The van der Waals surface area contributed by atoms with Gasteiger partial charge in [0.15, 0.2) is 0 Å². The zero-order valence-corrected chi connectivity index (χ0v) is 11.1. The van der Waals surface area contributed by atoms with E-state index in [0.717, 1.165) is 25.0 Å². The average molecular weight is 297 g/mol. The lowest BCUT2D eigenvalue weighted by molar-refractivity contribution is -0.137. The van der Waals surface area contributed by atoms with Crippen LogP contribution in [0.4, 0.5) is 18.9 Å². The zero-order valence-electron chi connectivity index (χ0n) is 11.1. The summed E-state index contributed by atoms with van der Waals surface area (Å²) < 4.78 is 38.9. The quantitative estimate of drug-likeness (QED) is 0.882. The Balaban J connectivity index is 2.23. The molecule has 1 heterocycles. The van der Waals surface area contributed by atoms with Crippen LogP contribution in [0.1, 0.15) is 30.4 Å². The molecule has 7 heteroatoms. The summed E-state index contributed by atoms with van der Waals surface area (Å²) in [5, 5.41) is 14.0. The number of anilines is 1. The summed E-state index contributed by atoms with van der Waals surface area (Å²) in [5.74, 6) is -0.482. The lowest BCUT2D eigenvalue weighted by atomic mass is 10.0. The zero-order chi connectivity index (χ0) is 15.5. The Hall–Kier alpha value is -2.07. The van der Waals surface area contributed by atoms with Gasteiger partial charge in [-0.3, -0.25) is 4.79 Å². The molecular formula is C14H14F3N3O. The van der Waals surface area contributed by atoms with E-state index in [-0.39, 0.29) is 11.3 Å². The number of carbonyl (C=O) groups excluding carboxylic acids is 1. The highest BCUT2D eigenvalue weighted by atomic mass is 19.4. The number of piperidine rings is 1. The van der Waals surface area contributed by atoms with Crippen LogP contribution < -0.4 is 10.6 Å². The third kappa shape index (κ3) is 3.73. The van der Waals surface area contributed by atoms with Crippen molar-refractivity contribution < 1.29 is 18.0 Å². The third-order valence-corrected chi connectivity index (χ3v) is 3.34. The van der Waals surface area contributed by atoms with Crippen molar-refractivity contribution in [3.8, 4) is 6.07 Å². The summed E-state index contributed by atoms with van der Waals surface area (Å²) in [7, 11) is 0. The maximum atomic E-state index is 13.0. The summed E-state index contributed by atoms with van der Waals surface area (Å²) in [6.45, 7) is 0.678. The van der Waals surface area contributed by atoms with Crippen molar-refractivity contribution in [3.63, 3.8) is 0 Å². The number of nitrogens with one attached hydrogen (secondary N) is 2. The topological polar surface area (TPSA) is 64.9 Å². The molecule has 0 bridgehead atoms. The first-order chi connectivity index (χ1) is 9.91. The Morgan fingerprint density at radius 3 is 2.71 bits per heavy atom. The minimum Gasteiger partial charge on any atom is -0.324 e. The van der Waals surface area contributed by atoms with Crippen LogP contribution in [0.5, 0.6) is 0 Å². The first-order valence-corrected chi connectivity index (χ1v) is 6.57. The number of nitriles is 1. The van der Waals surface area contributed by atoms with E-state index in [1.165, 1.54) is 6.07 Å². The summed E-state index contributed by atoms with van der Waals surface area (Å²) in [5.41, 5.74) is -1.43. The Labute approximate surface area is 119 Å². The standard InChI is InChI=1S/C14H14F3N3O/c15-14(16,17)10-7-9(8-18)4-5-11(10)20-13(21)12-3-1-2-6-19-12/h4-5,7,12,19H,1-3,6H2,(H,20,21)/t12-/m1/s1. The van der Waals surface area contributed by atoms with Crippen LogP contribution in [-0.2, 0) is 11.0 Å². The smallest absolute Gasteiger partial charge is 0.324 e. The fraction of sp³-hybridized carbons (Fsp3) is 0.429. The second kappa shape index (κ2) is 6.14. The molecule has 1 aliphatic rings. The third-order valence-electron chi connectivity index (χ3n) is 3.34. The molecule has 1 saturated heterocycles. The van der Waals surface area contributed by atoms with E-state index in [9.17, 15) is 18.0 Å². The fourth-order valence-corrected chi connectivity index (χ4v) is 2.25. The maximum Gasteiger partial charge on any atom is 0.418 e. The number of halogens is 3. The Morgan fingerprint density at radius 1 is 1.38 bits per heavy atom. The summed E-state index contributed by atoms with van der Waals surface area (Å²) >= 11 is 0. The molecule has 0 aromatic heterocycles. The lowest BCUT2D eigenvalue weighted by Crippen LogP contribution is -2.43. The van der Waals surface area contributed by atoms with Gasteiger partial charge in [0.05, 0.1) is 28.9 Å². The van der Waals surface area contributed by atoms with E-state index >= 15 is 0 Å². The summed E-state index contributed by atoms with van der Waals surface area (Å²) in [6, 6.07) is 4.28. The van der Waals surface area contributed by atoms with Gasteiger partial charge in [-0.05, 0) is 37.6 Å². The molecule has 1 amide bonds. The van der Waals surface area contributed by atoms with Crippen molar-refractivity contribution in [1.82, 2.24) is 5.32 Å². The van der Waals surface area contributed by atoms with Crippen molar-refractivity contribution in [2.45, 2.75) is 31.5 Å². The number of nitrogens with zero attached hydrogens (tertiary/aromatic N) is 1. The van der Waals surface area contributed by atoms with Gasteiger partial charge in [-0.1, -0.05) is 6.42 Å². The molecule has 112 valence electrons. The number of hydrogen-bond acceptors (Lipinski definition) is 3. The van der Waals surface area contributed by atoms with E-state index in [4.69, 9.17) is 5.26 Å². The largest absolute Gasteiger partial charge is 0.418 e. The molecule has 1 atom stereocenters. The summed E-state index contributed by atoms with van der Waals surface area (Å²) in [4.78, 5) is 12.0. The number of hydrogen-bond donors (Lipinski definition) is 2. The van der Waals surface area contributed by atoms with Crippen molar-refractivity contribution in [3.05, 3.63) is 29.3 Å². The predicted molar refractivity (Wildman–Crippen MR) is 70.4 cm³/mol. The van der Waals surface area contributed by atoms with Crippen LogP contribution in [-0.4, -0.2) is 18.5 Å². The molecule has 1 fully saturated rings. The minimum atomic E-state index is -4.63. The monoisotopic (exact) mass is 297 g/mol. The number of rotatable bonds is 2. The van der Waals surface area contributed by atoms with Gasteiger partial charge in [-0.25, -0.2) is 0 Å². The molecule has 4 nitrogen and oxygen atoms in total. The number of benzene rings is 1. The van der Waals surface area contributed by atoms with Gasteiger partial charge in [-0.2, -0.15) is 18.4 Å². The van der Waals surface area contributed by atoms with Crippen molar-refractivity contribution in [2.75, 3.05) is 11.9 Å². The fourth-order valence-electron chi connectivity index (χ4n) is 2.25. The van der Waals surface area contributed by atoms with Crippen LogP contribution in [0, 0.1) is 11.3 Å². The maximum absolute atomic E-state index is 13.0. The van der Waals surface area contributed by atoms with Gasteiger partial charge >= 0.3 is 6.18 Å². The van der Waals surface area contributed by atoms with E-state index in [1.54, 1.807) is 6.07 Å². The molecule has 0 aliphatic carbocycles. The number of carbonyl (C=O) groups is 1. The molecular weight excluding hydrogens is 283 g/mol. The highest BCUT2D eigenvalue weighted by Crippen LogP contribution is 2.35. The first-order valence-electron chi connectivity index (χ1n) is 6.57. The lowest BCUT2D eigenvalue weighted by Gasteiger charge is -2.23. The molecule has 0 saturated carbocycles. The van der Waals surface area contributed by atoms with Crippen molar-refractivity contribution >= 4 is 11.6 Å². The molecule has 1 aromatic rings. The van der Waals surface area contributed by atoms with Crippen LogP contribution >= 0.6 is 0 Å². The van der Waals surface area contributed by atoms with Crippen LogP contribution in [0.2, 0.25) is 0 Å². The highest BCUT2D eigenvalue weighted by molar-refractivity contribution is 5.95. The van der Waals surface area contributed by atoms with Gasteiger partial charge in [0, 0.05) is 0 Å². The molecule has 2 rings (SSSR count). The average Bonchev–Trinajstić information content (AvgIpc) is 2.47. The van der Waals surface area contributed by atoms with Crippen molar-refractivity contribution in [2.24, 2.45) is 0 Å². The molecule has 21 heavy (non-hydrogen) atoms. The second-order valence-corrected chi connectivity index (χ2v) is 4.86. The van der Waals surface area contributed by atoms with Gasteiger partial charge in [0.2, 0.25) is 5.91 Å². The summed E-state index contributed by atoms with van der Waals surface area (Å²) in [6.07, 6.45) is -2.21. The number of alkyl halides is 3. The first kappa shape index (κ1) is 15.3. The predicted octanol–water partition coefficient (Wildman–Crippen LogP) is 2.66. The molecule has 2 N–H and O–H groups in total. The Bertz CT molecular complexity index is 572. The molecule has 1 aliphatic heterocycles. The molecule has 0 spiro atoms. The Morgan fingerprint density at radius 2 is 2.14 bits per heavy atom. The SMILES string of the molecule is N#Cc1ccc(NC(=O)[C@H]2CCCCN2)c(C(F)(F)F)c1. The normalized spacial score (nSPS) is 18.9. The van der Waals surface area contributed by atoms with Gasteiger partial charge < -0.3 is 10.6 Å². The second-order valence-electron chi connectivity index (χ2n) is 4.86. The van der Waals surface area contributed by atoms with E-state index in [0.29, 0.717) is 13.0 Å². The minimum absolute atomic E-state index is 0.101. The highest BCUT2D eigenvalue weighted by Gasteiger charge is 2.35. The van der Waals surface area contributed by atoms with E-state index in [1.807, 2.05) is 0 Å². The van der Waals surface area contributed by atoms with Crippen LogP contribution in [0.15, 0.2) is 18.2 Å². The van der Waals surface area contributed by atoms with Gasteiger partial charge in [0.25, 0.3) is 0 Å². The Kier molecular flexibility index (Phi) is 4.48. The van der Waals surface area contributed by atoms with Crippen LogP contribution in [0.3, 0.4) is 0 Å². The van der Waals surface area contributed by atoms with Crippen LogP contribution in [0.25, 0.3) is 0 Å². The van der Waals surface area contributed by atoms with E-state index in [2.05, 4.69) is 10.6 Å². The number of amides is 1. The van der Waals surface area contributed by atoms with Gasteiger partial charge in [-0.15, -0.1) is 0 Å². The van der Waals surface area contributed by atoms with Gasteiger partial charge in [0.1, 0.15) is 0 Å². The van der Waals surface area contributed by atoms with E-state index < -0.39 is 23.7 Å². The van der Waals surface area contributed by atoms with Crippen molar-refractivity contribution in [1.29, 1.82) is 5.26 Å².